The van der Waals surface area contributed by atoms with Gasteiger partial charge in [0.2, 0.25) is 0 Å². The van der Waals surface area contributed by atoms with Gasteiger partial charge in [-0.1, -0.05) is 25.1 Å². The van der Waals surface area contributed by atoms with Gasteiger partial charge >= 0.3 is 0 Å². The number of carbonyl (C=O) groups excluding carboxylic acids is 1. The van der Waals surface area contributed by atoms with Crippen LogP contribution in [0.15, 0.2) is 23.1 Å². The van der Waals surface area contributed by atoms with E-state index < -0.39 is 10.8 Å². The Morgan fingerprint density at radius 3 is 2.86 bits per heavy atom. The fourth-order valence-electron chi connectivity index (χ4n) is 1.80. The van der Waals surface area contributed by atoms with Gasteiger partial charge < -0.3 is 0 Å². The summed E-state index contributed by atoms with van der Waals surface area (Å²) in [6, 6.07) is 5.53. The number of hydrogen-bond donors (Lipinski definition) is 0. The van der Waals surface area contributed by atoms with Crippen LogP contribution in [0.4, 0.5) is 0 Å². The van der Waals surface area contributed by atoms with E-state index in [0.717, 1.165) is 10.5 Å². The largest absolute Gasteiger partial charge is 0.294 e. The lowest BCUT2D eigenvalue weighted by atomic mass is 9.99. The summed E-state index contributed by atoms with van der Waals surface area (Å²) in [5.41, 5.74) is 1.61. The number of carbonyl (C=O) groups is 1. The molecule has 1 aliphatic heterocycles. The number of Topliss-reactive ketones (excluding diaryl/α,β-unsaturated/α-hetero) is 1. The number of rotatable bonds is 0. The second-order valence-corrected chi connectivity index (χ2v) is 5.16. The van der Waals surface area contributed by atoms with Gasteiger partial charge in [-0.3, -0.25) is 9.00 Å². The van der Waals surface area contributed by atoms with Crippen molar-refractivity contribution in [3.8, 4) is 0 Å². The summed E-state index contributed by atoms with van der Waals surface area (Å²) in [4.78, 5) is 12.5. The van der Waals surface area contributed by atoms with Crippen molar-refractivity contribution in [2.45, 2.75) is 18.7 Å². The van der Waals surface area contributed by atoms with Crippen LogP contribution in [0.5, 0.6) is 0 Å². The van der Waals surface area contributed by atoms with Gasteiger partial charge in [-0.2, -0.15) is 0 Å². The fourth-order valence-corrected chi connectivity index (χ4v) is 3.41. The molecule has 0 N–H and O–H groups in total. The van der Waals surface area contributed by atoms with Gasteiger partial charge in [-0.25, -0.2) is 0 Å². The highest BCUT2D eigenvalue weighted by Crippen LogP contribution is 2.27. The van der Waals surface area contributed by atoms with Crippen molar-refractivity contribution in [2.24, 2.45) is 5.92 Å². The maximum Gasteiger partial charge on any atom is 0.167 e. The molecule has 2 nitrogen and oxygen atoms in total. The molecule has 2 unspecified atom stereocenters. The van der Waals surface area contributed by atoms with E-state index in [4.69, 9.17) is 0 Å². The summed E-state index contributed by atoms with van der Waals surface area (Å²) in [6.07, 6.45) is 0. The molecule has 1 aromatic rings. The lowest BCUT2D eigenvalue weighted by Gasteiger charge is -2.20. The molecule has 14 heavy (non-hydrogen) atoms. The van der Waals surface area contributed by atoms with Crippen molar-refractivity contribution in [1.29, 1.82) is 0 Å². The minimum atomic E-state index is -0.998. The molecule has 0 aromatic heterocycles. The molecule has 1 aromatic carbocycles. The maximum absolute atomic E-state index is 11.8. The summed E-state index contributed by atoms with van der Waals surface area (Å²) in [7, 11) is -0.998. The topological polar surface area (TPSA) is 34.1 Å². The molecule has 0 saturated heterocycles. The highest BCUT2D eigenvalue weighted by Gasteiger charge is 2.29. The van der Waals surface area contributed by atoms with E-state index >= 15 is 0 Å². The van der Waals surface area contributed by atoms with Crippen molar-refractivity contribution < 1.29 is 9.00 Å². The second-order valence-electron chi connectivity index (χ2n) is 3.73. The summed E-state index contributed by atoms with van der Waals surface area (Å²) < 4.78 is 11.8. The number of aryl methyl sites for hydroxylation is 1. The summed E-state index contributed by atoms with van der Waals surface area (Å²) >= 11 is 0. The molecule has 0 spiro atoms. The minimum absolute atomic E-state index is 0.106. The third-order valence-corrected chi connectivity index (χ3v) is 4.35. The van der Waals surface area contributed by atoms with Crippen molar-refractivity contribution in [3.05, 3.63) is 29.3 Å². The summed E-state index contributed by atoms with van der Waals surface area (Å²) in [6.45, 7) is 3.74. The molecule has 3 heteroatoms. The molecule has 0 radical (unpaired) electrons. The Morgan fingerprint density at radius 2 is 2.14 bits per heavy atom. The zero-order chi connectivity index (χ0) is 10.3. The van der Waals surface area contributed by atoms with Crippen LogP contribution in [-0.2, 0) is 10.8 Å². The summed E-state index contributed by atoms with van der Waals surface area (Å²) in [5.74, 6) is 0.491. The van der Waals surface area contributed by atoms with Crippen LogP contribution < -0.4 is 0 Å². The Hall–Kier alpha value is -0.960. The van der Waals surface area contributed by atoms with Gasteiger partial charge in [-0.15, -0.1) is 0 Å². The predicted octanol–water partition coefficient (Wildman–Crippen LogP) is 1.94. The lowest BCUT2D eigenvalue weighted by molar-refractivity contribution is 0.0935. The molecule has 74 valence electrons. The number of benzene rings is 1. The molecule has 1 heterocycles. The molecule has 0 saturated carbocycles. The van der Waals surface area contributed by atoms with Crippen LogP contribution in [0.1, 0.15) is 22.8 Å². The quantitative estimate of drug-likeness (QED) is 0.653. The number of fused-ring (bicyclic) bond motifs is 1. The average Bonchev–Trinajstić information content (AvgIpc) is 2.14. The van der Waals surface area contributed by atoms with Gasteiger partial charge in [-0.05, 0) is 12.5 Å². The van der Waals surface area contributed by atoms with Crippen LogP contribution in [0.25, 0.3) is 0 Å². The first-order chi connectivity index (χ1) is 6.61. The lowest BCUT2D eigenvalue weighted by Crippen LogP contribution is -2.26. The van der Waals surface area contributed by atoms with E-state index in [0.29, 0.717) is 11.3 Å². The first-order valence-electron chi connectivity index (χ1n) is 4.63. The Bertz CT molecular complexity index is 423. The first-order valence-corrected chi connectivity index (χ1v) is 5.95. The van der Waals surface area contributed by atoms with Crippen LogP contribution in [0.2, 0.25) is 0 Å². The van der Waals surface area contributed by atoms with E-state index in [1.807, 2.05) is 26.0 Å². The van der Waals surface area contributed by atoms with Crippen molar-refractivity contribution in [2.75, 3.05) is 5.75 Å². The van der Waals surface area contributed by atoms with Crippen LogP contribution in [0, 0.1) is 12.8 Å². The maximum atomic E-state index is 11.8. The highest BCUT2D eigenvalue weighted by atomic mass is 32.2. The zero-order valence-corrected chi connectivity index (χ0v) is 9.06. The molecule has 0 fully saturated rings. The third kappa shape index (κ3) is 1.32. The van der Waals surface area contributed by atoms with Gasteiger partial charge in [0.05, 0.1) is 15.7 Å². The minimum Gasteiger partial charge on any atom is -0.294 e. The molecular weight excluding hydrogens is 196 g/mol. The van der Waals surface area contributed by atoms with Gasteiger partial charge in [0.25, 0.3) is 0 Å². The monoisotopic (exact) mass is 208 g/mol. The van der Waals surface area contributed by atoms with Crippen molar-refractivity contribution in [1.82, 2.24) is 0 Å². The third-order valence-electron chi connectivity index (χ3n) is 2.55. The van der Waals surface area contributed by atoms with Gasteiger partial charge in [0.15, 0.2) is 5.78 Å². The van der Waals surface area contributed by atoms with Crippen LogP contribution in [-0.4, -0.2) is 15.7 Å². The van der Waals surface area contributed by atoms with Gasteiger partial charge in [0.1, 0.15) is 0 Å². The standard InChI is InChI=1S/C11H12O2S/c1-7-4-3-5-9-10(12)8(2)6-14(13)11(7)9/h3-5,8H,6H2,1-2H3. The van der Waals surface area contributed by atoms with E-state index in [2.05, 4.69) is 0 Å². The molecule has 0 aliphatic carbocycles. The molecule has 2 rings (SSSR count). The van der Waals surface area contributed by atoms with E-state index in [1.54, 1.807) is 6.07 Å². The molecule has 2 atom stereocenters. The first kappa shape index (κ1) is 9.59. The van der Waals surface area contributed by atoms with Crippen molar-refractivity contribution >= 4 is 16.6 Å². The Labute approximate surface area is 85.8 Å². The van der Waals surface area contributed by atoms with E-state index in [-0.39, 0.29) is 11.7 Å². The molecule has 0 amide bonds. The predicted molar refractivity (Wildman–Crippen MR) is 55.9 cm³/mol. The molecular formula is C11H12O2S. The zero-order valence-electron chi connectivity index (χ0n) is 8.24. The SMILES string of the molecule is Cc1cccc2c1S(=O)CC(C)C2=O. The Kier molecular flexibility index (Phi) is 2.27. The Balaban J connectivity index is 2.67. The van der Waals surface area contributed by atoms with Crippen LogP contribution >= 0.6 is 0 Å². The molecule has 0 bridgehead atoms. The smallest absolute Gasteiger partial charge is 0.167 e. The number of hydrogen-bond acceptors (Lipinski definition) is 2. The van der Waals surface area contributed by atoms with Crippen molar-refractivity contribution in [3.63, 3.8) is 0 Å². The fraction of sp³-hybridized carbons (Fsp3) is 0.364. The van der Waals surface area contributed by atoms with Crippen LogP contribution in [0.3, 0.4) is 0 Å². The Morgan fingerprint density at radius 1 is 1.43 bits per heavy atom. The molecule has 1 aliphatic rings. The average molecular weight is 208 g/mol. The normalized spacial score (nSPS) is 26.0. The van der Waals surface area contributed by atoms with E-state index in [1.165, 1.54) is 0 Å². The second kappa shape index (κ2) is 3.31. The van der Waals surface area contributed by atoms with Gasteiger partial charge in [0, 0.05) is 17.2 Å². The highest BCUT2D eigenvalue weighted by molar-refractivity contribution is 7.85. The van der Waals surface area contributed by atoms with E-state index in [9.17, 15) is 9.00 Å². The number of ketones is 1. The summed E-state index contributed by atoms with van der Waals surface area (Å²) in [5, 5.41) is 0.